The molecule has 0 spiro atoms. The fourth-order valence-corrected chi connectivity index (χ4v) is 9.66. The first kappa shape index (κ1) is 38.0. The van der Waals surface area contributed by atoms with Crippen LogP contribution in [0.3, 0.4) is 0 Å². The van der Waals surface area contributed by atoms with E-state index in [1.807, 2.05) is 72.8 Å². The highest BCUT2D eigenvalue weighted by Gasteiger charge is 2.21. The van der Waals surface area contributed by atoms with Crippen molar-refractivity contribution in [3.63, 3.8) is 0 Å². The molecule has 3 aromatic heterocycles. The Hall–Kier alpha value is -8.66. The highest BCUT2D eigenvalue weighted by atomic mass is 15.0. The van der Waals surface area contributed by atoms with E-state index in [9.17, 15) is 5.26 Å². The van der Waals surface area contributed by atoms with Gasteiger partial charge in [-0.2, -0.15) is 5.26 Å². The molecule has 3 heterocycles. The number of aromatic nitrogens is 5. The van der Waals surface area contributed by atoms with Gasteiger partial charge in [0.1, 0.15) is 0 Å². The van der Waals surface area contributed by atoms with Crippen molar-refractivity contribution in [2.75, 3.05) is 0 Å². The lowest BCUT2D eigenvalue weighted by molar-refractivity contribution is 0.795. The second-order valence-electron chi connectivity index (χ2n) is 16.8. The third kappa shape index (κ3) is 6.52. The zero-order valence-corrected chi connectivity index (χ0v) is 35.6. The zero-order chi connectivity index (χ0) is 43.4. The van der Waals surface area contributed by atoms with Crippen LogP contribution in [0.5, 0.6) is 0 Å². The summed E-state index contributed by atoms with van der Waals surface area (Å²) in [5.41, 5.74) is 13.1. The third-order valence-corrected chi connectivity index (χ3v) is 12.7. The van der Waals surface area contributed by atoms with E-state index in [1.165, 1.54) is 37.9 Å². The monoisotopic (exact) mass is 832 g/mol. The number of hydrogen-bond donors (Lipinski definition) is 0. The van der Waals surface area contributed by atoms with Gasteiger partial charge in [0, 0.05) is 60.4 Å². The number of fused-ring (bicyclic) bond motifs is 6. The van der Waals surface area contributed by atoms with Crippen LogP contribution in [-0.4, -0.2) is 24.1 Å². The Bertz CT molecular complexity index is 3750. The minimum Gasteiger partial charge on any atom is -0.310 e. The Morgan fingerprint density at radius 3 is 1.77 bits per heavy atom. The molecule has 1 atom stereocenters. The maximum atomic E-state index is 10.6. The lowest BCUT2D eigenvalue weighted by Crippen LogP contribution is -2.31. The van der Waals surface area contributed by atoms with Gasteiger partial charge >= 0.3 is 0 Å². The van der Waals surface area contributed by atoms with E-state index in [2.05, 4.69) is 156 Å². The molecule has 1 unspecified atom stereocenters. The predicted octanol–water partition coefficient (Wildman–Crippen LogP) is 12.7. The molecule has 306 valence electrons. The summed E-state index contributed by atoms with van der Waals surface area (Å²) in [6.07, 6.45) is 5.71. The van der Waals surface area contributed by atoms with Crippen LogP contribution >= 0.6 is 0 Å². The molecule has 65 heavy (non-hydrogen) atoms. The minimum atomic E-state index is 0.361. The van der Waals surface area contributed by atoms with Gasteiger partial charge < -0.3 is 9.13 Å². The molecule has 0 radical (unpaired) electrons. The quantitative estimate of drug-likeness (QED) is 0.160. The van der Waals surface area contributed by atoms with E-state index in [0.29, 0.717) is 29.0 Å². The van der Waals surface area contributed by atoms with Crippen LogP contribution in [0.2, 0.25) is 0 Å². The van der Waals surface area contributed by atoms with Crippen molar-refractivity contribution < 1.29 is 0 Å². The predicted molar refractivity (Wildman–Crippen MR) is 265 cm³/mol. The van der Waals surface area contributed by atoms with Crippen molar-refractivity contribution in [2.45, 2.75) is 13.3 Å². The molecular weight excluding hydrogens is 793 g/mol. The van der Waals surface area contributed by atoms with Crippen molar-refractivity contribution in [2.24, 2.45) is 5.92 Å². The zero-order valence-electron chi connectivity index (χ0n) is 35.6. The summed E-state index contributed by atoms with van der Waals surface area (Å²) in [7, 11) is 0. The van der Waals surface area contributed by atoms with Gasteiger partial charge in [-0.15, -0.1) is 0 Å². The first-order chi connectivity index (χ1) is 32.1. The molecule has 0 aliphatic heterocycles. The van der Waals surface area contributed by atoms with Crippen molar-refractivity contribution in [1.82, 2.24) is 24.1 Å². The number of para-hydroxylation sites is 2. The topological polar surface area (TPSA) is 72.3 Å². The fourth-order valence-electron chi connectivity index (χ4n) is 9.66. The van der Waals surface area contributed by atoms with Crippen LogP contribution in [0.25, 0.3) is 113 Å². The van der Waals surface area contributed by atoms with Crippen LogP contribution < -0.4 is 10.6 Å². The molecule has 0 bridgehead atoms. The average Bonchev–Trinajstić information content (AvgIpc) is 3.89. The van der Waals surface area contributed by atoms with Crippen LogP contribution in [-0.2, 0) is 0 Å². The largest absolute Gasteiger partial charge is 0.310 e. The number of nitrogens with zero attached hydrogens (tertiary/aromatic N) is 6. The van der Waals surface area contributed by atoms with Gasteiger partial charge in [0.25, 0.3) is 0 Å². The standard InChI is InChI=1S/C59H40N6/c1-38-24-32-54-51(34-38)56-48(49-36-43(25-26-44(49)37-60)59-62-57(40-14-5-2-6-15-40)61-58(63-59)41-16-7-3-8-17-41)21-13-23-55(56)65(54)46-30-27-39(28-31-46)42-29-33-53-50(35-42)47-20-11-12-22-52(47)64(53)45-18-9-4-10-19-45/h2-23,25-36,38H,24H2,1H3. The fraction of sp³-hybridized carbons (Fsp3) is 0.0508. The summed E-state index contributed by atoms with van der Waals surface area (Å²) in [4.78, 5) is 15.0. The van der Waals surface area contributed by atoms with Gasteiger partial charge in [-0.3, -0.25) is 0 Å². The molecule has 1 aliphatic rings. The maximum Gasteiger partial charge on any atom is 0.164 e. The Morgan fingerprint density at radius 1 is 0.477 bits per heavy atom. The van der Waals surface area contributed by atoms with E-state index in [-0.39, 0.29) is 0 Å². The molecule has 0 saturated heterocycles. The number of nitriles is 1. The summed E-state index contributed by atoms with van der Waals surface area (Å²) in [6.45, 7) is 2.27. The van der Waals surface area contributed by atoms with E-state index in [4.69, 9.17) is 15.0 Å². The van der Waals surface area contributed by atoms with Gasteiger partial charge in [-0.25, -0.2) is 15.0 Å². The normalized spacial score (nSPS) is 13.3. The summed E-state index contributed by atoms with van der Waals surface area (Å²) in [6, 6.07) is 69.9. The smallest absolute Gasteiger partial charge is 0.164 e. The summed E-state index contributed by atoms with van der Waals surface area (Å²) in [5, 5.41) is 16.6. The van der Waals surface area contributed by atoms with Crippen LogP contribution in [0.4, 0.5) is 0 Å². The SMILES string of the molecule is CC1C=c2c(n(-c3ccc(-c4ccc5c(c4)c4ccccc4n5-c4ccccc4)cc3)c3cccc(-c4cc(-c5nc(-c6ccccc6)nc(-c6ccccc6)n5)ccc4C#N)c23)=CC1. The Morgan fingerprint density at radius 2 is 1.06 bits per heavy atom. The van der Waals surface area contributed by atoms with E-state index >= 15 is 0 Å². The van der Waals surface area contributed by atoms with E-state index < -0.39 is 0 Å². The van der Waals surface area contributed by atoms with E-state index in [1.54, 1.807) is 0 Å². The first-order valence-corrected chi connectivity index (χ1v) is 22.1. The van der Waals surface area contributed by atoms with Crippen molar-refractivity contribution in [1.29, 1.82) is 5.26 Å². The summed E-state index contributed by atoms with van der Waals surface area (Å²) >= 11 is 0. The highest BCUT2D eigenvalue weighted by molar-refractivity contribution is 6.10. The first-order valence-electron chi connectivity index (χ1n) is 22.1. The lowest BCUT2D eigenvalue weighted by atomic mass is 9.93. The van der Waals surface area contributed by atoms with Gasteiger partial charge in [-0.05, 0) is 95.8 Å². The van der Waals surface area contributed by atoms with Crippen molar-refractivity contribution >= 4 is 44.9 Å². The number of benzene rings is 8. The molecular formula is C59H40N6. The lowest BCUT2D eigenvalue weighted by Gasteiger charge is -2.12. The van der Waals surface area contributed by atoms with Crippen LogP contribution in [0.15, 0.2) is 194 Å². The Kier molecular flexibility index (Phi) is 9.13. The molecule has 0 amide bonds. The van der Waals surface area contributed by atoms with Gasteiger partial charge in [0.05, 0.1) is 28.2 Å². The summed E-state index contributed by atoms with van der Waals surface area (Å²) < 4.78 is 4.74. The molecule has 11 aromatic rings. The molecule has 8 aromatic carbocycles. The van der Waals surface area contributed by atoms with Crippen molar-refractivity contribution in [3.05, 3.63) is 210 Å². The van der Waals surface area contributed by atoms with Crippen LogP contribution in [0, 0.1) is 17.2 Å². The van der Waals surface area contributed by atoms with Gasteiger partial charge in [0.2, 0.25) is 0 Å². The molecule has 6 nitrogen and oxygen atoms in total. The molecule has 12 rings (SSSR count). The highest BCUT2D eigenvalue weighted by Crippen LogP contribution is 2.37. The molecule has 0 fully saturated rings. The number of rotatable bonds is 7. The van der Waals surface area contributed by atoms with Crippen molar-refractivity contribution in [3.8, 4) is 73.9 Å². The molecule has 0 N–H and O–H groups in total. The molecule has 0 saturated carbocycles. The average molecular weight is 833 g/mol. The third-order valence-electron chi connectivity index (χ3n) is 12.7. The second kappa shape index (κ2) is 15.6. The van der Waals surface area contributed by atoms with Gasteiger partial charge in [-0.1, -0.05) is 146 Å². The Labute approximate surface area is 376 Å². The Balaban J connectivity index is 0.984. The summed E-state index contributed by atoms with van der Waals surface area (Å²) in [5.74, 6) is 2.09. The molecule has 6 heteroatoms. The van der Waals surface area contributed by atoms with E-state index in [0.717, 1.165) is 62.1 Å². The van der Waals surface area contributed by atoms with Crippen LogP contribution in [0.1, 0.15) is 18.9 Å². The maximum absolute atomic E-state index is 10.6. The second-order valence-corrected chi connectivity index (χ2v) is 16.8. The molecule has 1 aliphatic carbocycles. The van der Waals surface area contributed by atoms with Gasteiger partial charge in [0.15, 0.2) is 17.5 Å². The number of hydrogen-bond acceptors (Lipinski definition) is 4. The minimum absolute atomic E-state index is 0.361.